The van der Waals surface area contributed by atoms with Crippen molar-refractivity contribution in [2.75, 3.05) is 0 Å². The molecule has 17 heavy (non-hydrogen) atoms. The van der Waals surface area contributed by atoms with Crippen molar-refractivity contribution in [3.63, 3.8) is 0 Å². The molecule has 94 valence electrons. The Morgan fingerprint density at radius 3 is 2.41 bits per heavy atom. The maximum atomic E-state index is 11.7. The van der Waals surface area contributed by atoms with E-state index in [1.165, 1.54) is 12.3 Å². The topological polar surface area (TPSA) is 71.3 Å². The monoisotopic (exact) mass is 258 g/mol. The Kier molecular flexibility index (Phi) is 4.57. The molecule has 0 saturated heterocycles. The number of carbonyl (C=O) groups excluding carboxylic acids is 2. The summed E-state index contributed by atoms with van der Waals surface area (Å²) in [6.07, 6.45) is 1.32. The van der Waals surface area contributed by atoms with Gasteiger partial charge in [-0.3, -0.25) is 9.59 Å². The van der Waals surface area contributed by atoms with E-state index in [1.54, 1.807) is 6.92 Å². The molecule has 2 amide bonds. The molecule has 0 aliphatic carbocycles. The molecular weight excluding hydrogens is 244 g/mol. The van der Waals surface area contributed by atoms with Gasteiger partial charge in [-0.2, -0.15) is 0 Å². The average Bonchev–Trinajstić information content (AvgIpc) is 2.63. The lowest BCUT2D eigenvalue weighted by molar-refractivity contribution is -0.123. The summed E-state index contributed by atoms with van der Waals surface area (Å²) in [5.41, 5.74) is 0.218. The van der Waals surface area contributed by atoms with Gasteiger partial charge in [-0.25, -0.2) is 0 Å². The fourth-order valence-electron chi connectivity index (χ4n) is 1.21. The predicted octanol–water partition coefficient (Wildman–Crippen LogP) is 1.58. The number of nitrogens with one attached hydrogen (secondary N) is 2. The third-order valence-corrected chi connectivity index (χ3v) is 2.33. The highest BCUT2D eigenvalue weighted by atomic mass is 35.5. The van der Waals surface area contributed by atoms with E-state index in [1.807, 2.05) is 13.8 Å². The zero-order valence-corrected chi connectivity index (χ0v) is 10.7. The first-order valence-electron chi connectivity index (χ1n) is 5.26. The fourth-order valence-corrected chi connectivity index (χ4v) is 1.41. The van der Waals surface area contributed by atoms with Crippen molar-refractivity contribution in [1.82, 2.24) is 10.6 Å². The summed E-state index contributed by atoms with van der Waals surface area (Å²) in [4.78, 5) is 23.3. The van der Waals surface area contributed by atoms with Gasteiger partial charge < -0.3 is 15.1 Å². The molecule has 0 aliphatic rings. The smallest absolute Gasteiger partial charge is 0.256 e. The van der Waals surface area contributed by atoms with E-state index in [4.69, 9.17) is 16.0 Å². The molecule has 1 aromatic heterocycles. The van der Waals surface area contributed by atoms with Crippen LogP contribution < -0.4 is 10.6 Å². The summed E-state index contributed by atoms with van der Waals surface area (Å²) in [5.74, 6) is -0.678. The lowest BCUT2D eigenvalue weighted by atomic mass is 10.2. The Morgan fingerprint density at radius 1 is 1.29 bits per heavy atom. The Bertz CT molecular complexity index is 415. The van der Waals surface area contributed by atoms with E-state index < -0.39 is 11.9 Å². The summed E-state index contributed by atoms with van der Waals surface area (Å²) in [6.45, 7) is 5.29. The molecule has 0 spiro atoms. The first kappa shape index (κ1) is 13.6. The molecule has 1 rings (SSSR count). The Hall–Kier alpha value is -1.49. The van der Waals surface area contributed by atoms with Gasteiger partial charge in [0, 0.05) is 6.04 Å². The van der Waals surface area contributed by atoms with Crippen molar-refractivity contribution in [3.8, 4) is 0 Å². The minimum atomic E-state index is -0.629. The van der Waals surface area contributed by atoms with Crippen LogP contribution in [-0.2, 0) is 4.79 Å². The van der Waals surface area contributed by atoms with Gasteiger partial charge in [-0.05, 0) is 38.4 Å². The van der Waals surface area contributed by atoms with Crippen LogP contribution in [0.15, 0.2) is 16.7 Å². The van der Waals surface area contributed by atoms with Crippen LogP contribution in [0.1, 0.15) is 31.1 Å². The zero-order valence-electron chi connectivity index (χ0n) is 9.91. The van der Waals surface area contributed by atoms with E-state index in [2.05, 4.69) is 10.6 Å². The standard InChI is InChI=1S/C11H15ClN2O3/c1-6(2)13-10(15)7(3)14-11(16)8-4-5-17-9(8)12/h4-7H,1-3H3,(H,13,15)(H,14,16). The molecule has 1 unspecified atom stereocenters. The average molecular weight is 259 g/mol. The predicted molar refractivity (Wildman–Crippen MR) is 63.9 cm³/mol. The van der Waals surface area contributed by atoms with E-state index in [0.29, 0.717) is 0 Å². The molecule has 0 bridgehead atoms. The lowest BCUT2D eigenvalue weighted by Gasteiger charge is -2.15. The van der Waals surface area contributed by atoms with Crippen molar-refractivity contribution in [2.24, 2.45) is 0 Å². The summed E-state index contributed by atoms with van der Waals surface area (Å²) < 4.78 is 4.80. The highest BCUT2D eigenvalue weighted by Gasteiger charge is 2.19. The number of hydrogen-bond acceptors (Lipinski definition) is 3. The van der Waals surface area contributed by atoms with Crippen molar-refractivity contribution in [1.29, 1.82) is 0 Å². The normalized spacial score (nSPS) is 12.3. The van der Waals surface area contributed by atoms with Gasteiger partial charge >= 0.3 is 0 Å². The Morgan fingerprint density at radius 2 is 1.94 bits per heavy atom. The van der Waals surface area contributed by atoms with Gasteiger partial charge in [-0.1, -0.05) is 0 Å². The molecule has 6 heteroatoms. The summed E-state index contributed by atoms with van der Waals surface area (Å²) >= 11 is 5.65. The minimum Gasteiger partial charge on any atom is -0.452 e. The number of rotatable bonds is 4. The summed E-state index contributed by atoms with van der Waals surface area (Å²) in [6, 6.07) is 0.848. The highest BCUT2D eigenvalue weighted by molar-refractivity contribution is 6.32. The number of carbonyl (C=O) groups is 2. The molecule has 0 saturated carbocycles. The zero-order chi connectivity index (χ0) is 13.0. The highest BCUT2D eigenvalue weighted by Crippen LogP contribution is 2.16. The molecule has 0 aromatic carbocycles. The lowest BCUT2D eigenvalue weighted by Crippen LogP contribution is -2.46. The second-order valence-corrected chi connectivity index (χ2v) is 4.31. The molecule has 0 fully saturated rings. The van der Waals surface area contributed by atoms with Gasteiger partial charge in [0.25, 0.3) is 5.91 Å². The quantitative estimate of drug-likeness (QED) is 0.861. The SMILES string of the molecule is CC(C)NC(=O)C(C)NC(=O)c1ccoc1Cl. The van der Waals surface area contributed by atoms with Crippen LogP contribution >= 0.6 is 11.6 Å². The number of furan rings is 1. The first-order valence-corrected chi connectivity index (χ1v) is 5.64. The van der Waals surface area contributed by atoms with Gasteiger partial charge in [0.1, 0.15) is 6.04 Å². The molecule has 1 heterocycles. The molecule has 5 nitrogen and oxygen atoms in total. The van der Waals surface area contributed by atoms with Gasteiger partial charge in [-0.15, -0.1) is 0 Å². The molecule has 1 atom stereocenters. The number of amides is 2. The van der Waals surface area contributed by atoms with E-state index in [9.17, 15) is 9.59 Å². The number of hydrogen-bond donors (Lipinski definition) is 2. The second kappa shape index (κ2) is 5.72. The molecule has 0 radical (unpaired) electrons. The van der Waals surface area contributed by atoms with Crippen molar-refractivity contribution >= 4 is 23.4 Å². The van der Waals surface area contributed by atoms with Crippen LogP contribution in [0.25, 0.3) is 0 Å². The Balaban J connectivity index is 2.57. The third kappa shape index (κ3) is 3.78. The van der Waals surface area contributed by atoms with E-state index in [0.717, 1.165) is 0 Å². The molecule has 0 aliphatic heterocycles. The van der Waals surface area contributed by atoms with Crippen molar-refractivity contribution in [2.45, 2.75) is 32.9 Å². The molecule has 2 N–H and O–H groups in total. The van der Waals surface area contributed by atoms with Crippen molar-refractivity contribution < 1.29 is 14.0 Å². The maximum absolute atomic E-state index is 11.7. The van der Waals surface area contributed by atoms with Gasteiger partial charge in [0.05, 0.1) is 11.8 Å². The third-order valence-electron chi connectivity index (χ3n) is 2.03. The fraction of sp³-hybridized carbons (Fsp3) is 0.455. The molecule has 1 aromatic rings. The van der Waals surface area contributed by atoms with Gasteiger partial charge in [0.2, 0.25) is 11.1 Å². The second-order valence-electron chi connectivity index (χ2n) is 3.97. The van der Waals surface area contributed by atoms with Crippen LogP contribution in [0.4, 0.5) is 0 Å². The van der Waals surface area contributed by atoms with Crippen LogP contribution in [-0.4, -0.2) is 23.9 Å². The summed E-state index contributed by atoms with van der Waals surface area (Å²) in [7, 11) is 0. The van der Waals surface area contributed by atoms with Crippen LogP contribution in [0.5, 0.6) is 0 Å². The van der Waals surface area contributed by atoms with Crippen LogP contribution in [0, 0.1) is 0 Å². The minimum absolute atomic E-state index is 0.0129. The van der Waals surface area contributed by atoms with E-state index >= 15 is 0 Å². The van der Waals surface area contributed by atoms with Gasteiger partial charge in [0.15, 0.2) is 0 Å². The first-order chi connectivity index (χ1) is 7.91. The summed E-state index contributed by atoms with van der Waals surface area (Å²) in [5, 5.41) is 5.24. The van der Waals surface area contributed by atoms with Crippen LogP contribution in [0.3, 0.4) is 0 Å². The Labute approximate surface area is 105 Å². The number of halogens is 1. The van der Waals surface area contributed by atoms with Crippen molar-refractivity contribution in [3.05, 3.63) is 23.1 Å². The van der Waals surface area contributed by atoms with E-state index in [-0.39, 0.29) is 22.7 Å². The van der Waals surface area contributed by atoms with Crippen LogP contribution in [0.2, 0.25) is 5.22 Å². The molecular formula is C11H15ClN2O3. The largest absolute Gasteiger partial charge is 0.452 e. The maximum Gasteiger partial charge on any atom is 0.256 e.